The highest BCUT2D eigenvalue weighted by Crippen LogP contribution is 2.24. The summed E-state index contributed by atoms with van der Waals surface area (Å²) in [5.74, 6) is 1.88. The molecule has 0 aliphatic heterocycles. The molecule has 0 radical (unpaired) electrons. The van der Waals surface area contributed by atoms with Crippen LogP contribution in [-0.2, 0) is 17.9 Å². The number of aryl methyl sites for hydroxylation is 1. The van der Waals surface area contributed by atoms with E-state index in [1.54, 1.807) is 13.4 Å². The van der Waals surface area contributed by atoms with Gasteiger partial charge in [0.25, 0.3) is 0 Å². The van der Waals surface area contributed by atoms with Gasteiger partial charge in [-0.3, -0.25) is 0 Å². The number of aliphatic hydroxyl groups is 1. The number of aliphatic hydroxyl groups excluding tert-OH is 1. The third-order valence-electron chi connectivity index (χ3n) is 3.92. The quantitative estimate of drug-likeness (QED) is 0.604. The van der Waals surface area contributed by atoms with Gasteiger partial charge in [-0.05, 0) is 25.5 Å². The number of anilines is 1. The molecule has 1 atom stereocenters. The second-order valence-corrected chi connectivity index (χ2v) is 5.76. The number of hydrogen-bond acceptors (Lipinski definition) is 7. The maximum Gasteiger partial charge on any atom is 0.156 e. The maximum absolute atomic E-state index is 9.41. The second kappa shape index (κ2) is 8.00. The number of rotatable bonds is 8. The molecule has 0 aliphatic carbocycles. The van der Waals surface area contributed by atoms with Gasteiger partial charge < -0.3 is 19.7 Å². The van der Waals surface area contributed by atoms with Gasteiger partial charge in [0.15, 0.2) is 11.6 Å². The van der Waals surface area contributed by atoms with Crippen LogP contribution in [-0.4, -0.2) is 43.6 Å². The van der Waals surface area contributed by atoms with E-state index in [0.29, 0.717) is 18.2 Å². The molecule has 2 aromatic heterocycles. The molecular weight excluding hydrogens is 320 g/mol. The standard InChI is InChI=1S/C17H22N6O2/c1-12(17-22-18-11-23(17)8-5-9-25-2)19-16-13-6-3-4-7-14(13)20-15(10-24)21-16/h3-4,6-7,11-12,24H,5,8-10H2,1-2H3,(H,19,20,21). The van der Waals surface area contributed by atoms with E-state index < -0.39 is 0 Å². The van der Waals surface area contributed by atoms with E-state index >= 15 is 0 Å². The Morgan fingerprint density at radius 1 is 1.28 bits per heavy atom. The summed E-state index contributed by atoms with van der Waals surface area (Å²) in [5, 5.41) is 21.9. The molecule has 3 aromatic rings. The van der Waals surface area contributed by atoms with E-state index in [1.807, 2.05) is 35.8 Å². The number of aromatic nitrogens is 5. The number of benzene rings is 1. The monoisotopic (exact) mass is 342 g/mol. The average molecular weight is 342 g/mol. The normalized spacial score (nSPS) is 12.4. The minimum Gasteiger partial charge on any atom is -0.388 e. The molecule has 1 unspecified atom stereocenters. The largest absolute Gasteiger partial charge is 0.388 e. The fourth-order valence-electron chi connectivity index (χ4n) is 2.73. The van der Waals surface area contributed by atoms with E-state index in [0.717, 1.165) is 29.7 Å². The smallest absolute Gasteiger partial charge is 0.156 e. The lowest BCUT2D eigenvalue weighted by molar-refractivity contribution is 0.190. The molecule has 1 aromatic carbocycles. The number of nitrogens with one attached hydrogen (secondary N) is 1. The van der Waals surface area contributed by atoms with Crippen LogP contribution < -0.4 is 5.32 Å². The number of nitrogens with zero attached hydrogens (tertiary/aromatic N) is 5. The molecule has 8 heteroatoms. The van der Waals surface area contributed by atoms with Crippen molar-refractivity contribution in [3.63, 3.8) is 0 Å². The average Bonchev–Trinajstić information content (AvgIpc) is 3.10. The van der Waals surface area contributed by atoms with E-state index in [4.69, 9.17) is 4.74 Å². The Balaban J connectivity index is 1.85. The first kappa shape index (κ1) is 17.2. The Kier molecular flexibility index (Phi) is 5.52. The van der Waals surface area contributed by atoms with Crippen LogP contribution in [0.5, 0.6) is 0 Å². The summed E-state index contributed by atoms with van der Waals surface area (Å²) in [6.07, 6.45) is 2.61. The van der Waals surface area contributed by atoms with Gasteiger partial charge in [-0.15, -0.1) is 10.2 Å². The summed E-state index contributed by atoms with van der Waals surface area (Å²) in [6.45, 7) is 3.28. The van der Waals surface area contributed by atoms with E-state index in [1.165, 1.54) is 0 Å². The van der Waals surface area contributed by atoms with Crippen LogP contribution in [0.25, 0.3) is 10.9 Å². The summed E-state index contributed by atoms with van der Waals surface area (Å²) < 4.78 is 7.11. The Bertz CT molecular complexity index is 835. The van der Waals surface area contributed by atoms with Crippen LogP contribution in [0, 0.1) is 0 Å². The molecule has 132 valence electrons. The van der Waals surface area contributed by atoms with Crippen molar-refractivity contribution in [1.82, 2.24) is 24.7 Å². The highest BCUT2D eigenvalue weighted by atomic mass is 16.5. The van der Waals surface area contributed by atoms with E-state index in [-0.39, 0.29) is 12.6 Å². The number of para-hydroxylation sites is 1. The first-order valence-electron chi connectivity index (χ1n) is 8.22. The molecule has 2 N–H and O–H groups in total. The molecular formula is C17H22N6O2. The molecule has 25 heavy (non-hydrogen) atoms. The fraction of sp³-hybridized carbons (Fsp3) is 0.412. The van der Waals surface area contributed by atoms with Gasteiger partial charge in [-0.25, -0.2) is 9.97 Å². The lowest BCUT2D eigenvalue weighted by Gasteiger charge is -2.17. The molecule has 8 nitrogen and oxygen atoms in total. The van der Waals surface area contributed by atoms with Crippen molar-refractivity contribution in [2.45, 2.75) is 32.5 Å². The molecule has 3 rings (SSSR count). The van der Waals surface area contributed by atoms with Crippen LogP contribution in [0.4, 0.5) is 5.82 Å². The summed E-state index contributed by atoms with van der Waals surface area (Å²) in [6, 6.07) is 7.60. The van der Waals surface area contributed by atoms with Crippen molar-refractivity contribution >= 4 is 16.7 Å². The number of hydrogen-bond donors (Lipinski definition) is 2. The predicted molar refractivity (Wildman–Crippen MR) is 94.0 cm³/mol. The predicted octanol–water partition coefficient (Wildman–Crippen LogP) is 1.92. The first-order valence-corrected chi connectivity index (χ1v) is 8.22. The molecule has 0 saturated carbocycles. The van der Waals surface area contributed by atoms with Crippen molar-refractivity contribution in [3.8, 4) is 0 Å². The van der Waals surface area contributed by atoms with Crippen LogP contribution in [0.2, 0.25) is 0 Å². The third kappa shape index (κ3) is 3.92. The molecule has 2 heterocycles. The third-order valence-corrected chi connectivity index (χ3v) is 3.92. The number of methoxy groups -OCH3 is 1. The second-order valence-electron chi connectivity index (χ2n) is 5.76. The highest BCUT2D eigenvalue weighted by Gasteiger charge is 2.16. The lowest BCUT2D eigenvalue weighted by atomic mass is 10.2. The van der Waals surface area contributed by atoms with E-state index in [9.17, 15) is 5.11 Å². The summed E-state index contributed by atoms with van der Waals surface area (Å²) in [7, 11) is 1.69. The summed E-state index contributed by atoms with van der Waals surface area (Å²) in [5.41, 5.74) is 0.790. The maximum atomic E-state index is 9.41. The van der Waals surface area contributed by atoms with Crippen molar-refractivity contribution < 1.29 is 9.84 Å². The summed E-state index contributed by atoms with van der Waals surface area (Å²) in [4.78, 5) is 8.77. The molecule has 0 fully saturated rings. The van der Waals surface area contributed by atoms with Gasteiger partial charge in [0.05, 0.1) is 11.6 Å². The van der Waals surface area contributed by atoms with Gasteiger partial charge in [0.1, 0.15) is 18.8 Å². The van der Waals surface area contributed by atoms with Crippen molar-refractivity contribution in [1.29, 1.82) is 0 Å². The van der Waals surface area contributed by atoms with Gasteiger partial charge in [0, 0.05) is 25.6 Å². The van der Waals surface area contributed by atoms with Crippen molar-refractivity contribution in [3.05, 3.63) is 42.2 Å². The highest BCUT2D eigenvalue weighted by molar-refractivity contribution is 5.89. The van der Waals surface area contributed by atoms with Crippen molar-refractivity contribution in [2.24, 2.45) is 0 Å². The Hall–Kier alpha value is -2.58. The lowest BCUT2D eigenvalue weighted by Crippen LogP contribution is -2.16. The van der Waals surface area contributed by atoms with Gasteiger partial charge >= 0.3 is 0 Å². The molecule has 0 spiro atoms. The topological polar surface area (TPSA) is 98.0 Å². The summed E-state index contributed by atoms with van der Waals surface area (Å²) >= 11 is 0. The van der Waals surface area contributed by atoms with Crippen molar-refractivity contribution in [2.75, 3.05) is 19.0 Å². The van der Waals surface area contributed by atoms with Crippen LogP contribution >= 0.6 is 0 Å². The zero-order valence-corrected chi connectivity index (χ0v) is 14.4. The van der Waals surface area contributed by atoms with E-state index in [2.05, 4.69) is 25.5 Å². The van der Waals surface area contributed by atoms with Gasteiger partial charge in [0.2, 0.25) is 0 Å². The number of fused-ring (bicyclic) bond motifs is 1. The molecule has 0 aliphatic rings. The Morgan fingerprint density at radius 2 is 2.12 bits per heavy atom. The number of ether oxygens (including phenoxy) is 1. The van der Waals surface area contributed by atoms with Gasteiger partial charge in [-0.1, -0.05) is 12.1 Å². The first-order chi connectivity index (χ1) is 12.2. The minimum absolute atomic E-state index is 0.102. The molecule has 0 bridgehead atoms. The van der Waals surface area contributed by atoms with Gasteiger partial charge in [-0.2, -0.15) is 0 Å². The Morgan fingerprint density at radius 3 is 2.92 bits per heavy atom. The molecule has 0 saturated heterocycles. The fourth-order valence-corrected chi connectivity index (χ4v) is 2.73. The van der Waals surface area contributed by atoms with Crippen LogP contribution in [0.3, 0.4) is 0 Å². The van der Waals surface area contributed by atoms with Crippen LogP contribution in [0.1, 0.15) is 31.0 Å². The Labute approximate surface area is 145 Å². The SMILES string of the molecule is COCCCn1cnnc1C(C)Nc1nc(CO)nc2ccccc12. The molecule has 0 amide bonds. The van der Waals surface area contributed by atoms with Crippen LogP contribution in [0.15, 0.2) is 30.6 Å². The minimum atomic E-state index is -0.207. The zero-order valence-electron chi connectivity index (χ0n) is 14.4. The zero-order chi connectivity index (χ0) is 17.6.